The van der Waals surface area contributed by atoms with Crippen molar-refractivity contribution in [1.29, 1.82) is 0 Å². The van der Waals surface area contributed by atoms with Crippen LogP contribution in [0.2, 0.25) is 0 Å². The van der Waals surface area contributed by atoms with Gasteiger partial charge in [-0.1, -0.05) is 0 Å². The Hall–Kier alpha value is -1.44. The van der Waals surface area contributed by atoms with Gasteiger partial charge in [-0.3, -0.25) is 4.79 Å². The lowest BCUT2D eigenvalue weighted by Crippen LogP contribution is -2.40. The number of nitrogens with one attached hydrogen (secondary N) is 2. The summed E-state index contributed by atoms with van der Waals surface area (Å²) in [4.78, 5) is 12.4. The summed E-state index contributed by atoms with van der Waals surface area (Å²) in [6, 6.07) is 0.00555. The summed E-state index contributed by atoms with van der Waals surface area (Å²) >= 11 is 0. The molecule has 2 unspecified atom stereocenters. The third-order valence-electron chi connectivity index (χ3n) is 5.57. The van der Waals surface area contributed by atoms with Crippen molar-refractivity contribution in [2.75, 3.05) is 13.2 Å². The highest BCUT2D eigenvalue weighted by Crippen LogP contribution is 2.29. The van der Waals surface area contributed by atoms with Crippen molar-refractivity contribution in [2.45, 2.75) is 71.4 Å². The van der Waals surface area contributed by atoms with E-state index in [-0.39, 0.29) is 31.0 Å². The van der Waals surface area contributed by atoms with Gasteiger partial charge in [0.2, 0.25) is 15.9 Å². The second-order valence-electron chi connectivity index (χ2n) is 7.14. The van der Waals surface area contributed by atoms with Crippen molar-refractivity contribution >= 4 is 15.9 Å². The summed E-state index contributed by atoms with van der Waals surface area (Å²) in [5, 5.41) is 2.90. The molecule has 1 aromatic carbocycles. The van der Waals surface area contributed by atoms with Gasteiger partial charge in [0, 0.05) is 19.6 Å². The van der Waals surface area contributed by atoms with Crippen molar-refractivity contribution in [2.24, 2.45) is 0 Å². The van der Waals surface area contributed by atoms with Crippen molar-refractivity contribution in [1.82, 2.24) is 10.0 Å². The zero-order valence-electron chi connectivity index (χ0n) is 16.5. The smallest absolute Gasteiger partial charge is 0.241 e. The highest BCUT2D eigenvalue weighted by Gasteiger charge is 2.26. The van der Waals surface area contributed by atoms with Gasteiger partial charge in [-0.05, 0) is 75.8 Å². The fourth-order valence-corrected chi connectivity index (χ4v) is 5.07. The molecule has 7 heteroatoms. The molecule has 0 bridgehead atoms. The van der Waals surface area contributed by atoms with Gasteiger partial charge in [-0.25, -0.2) is 13.1 Å². The zero-order valence-corrected chi connectivity index (χ0v) is 17.3. The fourth-order valence-electron chi connectivity index (χ4n) is 3.44. The molecule has 1 aliphatic heterocycles. The Labute approximate surface area is 156 Å². The molecular formula is C19H30N2O4S. The SMILES string of the molecule is Cc1c(C)c(C)c(S(=O)(=O)NCCC(=O)NC2CCOC2C)c(C)c1C. The van der Waals surface area contributed by atoms with Gasteiger partial charge < -0.3 is 10.1 Å². The van der Waals surface area contributed by atoms with Crippen LogP contribution in [0.4, 0.5) is 0 Å². The van der Waals surface area contributed by atoms with E-state index in [2.05, 4.69) is 10.0 Å². The molecule has 6 nitrogen and oxygen atoms in total. The molecule has 0 spiro atoms. The van der Waals surface area contributed by atoms with Crippen LogP contribution in [0, 0.1) is 34.6 Å². The summed E-state index contributed by atoms with van der Waals surface area (Å²) in [6.07, 6.45) is 0.892. The normalized spacial score (nSPS) is 20.4. The van der Waals surface area contributed by atoms with E-state index in [9.17, 15) is 13.2 Å². The number of sulfonamides is 1. The summed E-state index contributed by atoms with van der Waals surface area (Å²) in [7, 11) is -3.67. The number of rotatable bonds is 6. The Kier molecular flexibility index (Phi) is 6.47. The van der Waals surface area contributed by atoms with Gasteiger partial charge >= 0.3 is 0 Å². The zero-order chi connectivity index (χ0) is 19.6. The lowest BCUT2D eigenvalue weighted by Gasteiger charge is -2.19. The van der Waals surface area contributed by atoms with E-state index < -0.39 is 10.0 Å². The average Bonchev–Trinajstić information content (AvgIpc) is 2.95. The van der Waals surface area contributed by atoms with Gasteiger partial charge in [0.1, 0.15) is 0 Å². The molecule has 0 aromatic heterocycles. The van der Waals surface area contributed by atoms with Gasteiger partial charge in [-0.2, -0.15) is 0 Å². The molecule has 1 saturated heterocycles. The van der Waals surface area contributed by atoms with Crippen LogP contribution >= 0.6 is 0 Å². The Balaban J connectivity index is 2.05. The maximum atomic E-state index is 12.8. The molecule has 2 N–H and O–H groups in total. The van der Waals surface area contributed by atoms with Crippen LogP contribution in [-0.2, 0) is 19.6 Å². The second kappa shape index (κ2) is 8.06. The van der Waals surface area contributed by atoms with Crippen LogP contribution in [0.15, 0.2) is 4.90 Å². The van der Waals surface area contributed by atoms with E-state index in [1.165, 1.54) is 0 Å². The Morgan fingerprint density at radius 3 is 2.08 bits per heavy atom. The Morgan fingerprint density at radius 2 is 1.58 bits per heavy atom. The van der Waals surface area contributed by atoms with E-state index in [4.69, 9.17) is 4.74 Å². The third kappa shape index (κ3) is 4.27. The van der Waals surface area contributed by atoms with Crippen LogP contribution in [-0.4, -0.2) is 39.6 Å². The first-order valence-corrected chi connectivity index (χ1v) is 10.5. The largest absolute Gasteiger partial charge is 0.376 e. The average molecular weight is 383 g/mol. The molecule has 2 rings (SSSR count). The standard InChI is InChI=1S/C19H30N2O4S/c1-11-12(2)14(4)19(15(5)13(11)3)26(23,24)20-9-7-18(22)21-17-8-10-25-16(17)6/h16-17,20H,7-10H2,1-6H3,(H,21,22). The van der Waals surface area contributed by atoms with Crippen molar-refractivity contribution in [3.05, 3.63) is 27.8 Å². The minimum absolute atomic E-state index is 0.000509. The van der Waals surface area contributed by atoms with Crippen LogP contribution in [0.3, 0.4) is 0 Å². The van der Waals surface area contributed by atoms with E-state index in [0.29, 0.717) is 11.5 Å². The molecule has 146 valence electrons. The molecule has 1 fully saturated rings. The number of benzene rings is 1. The molecule has 2 atom stereocenters. The topological polar surface area (TPSA) is 84.5 Å². The van der Waals surface area contributed by atoms with Crippen LogP contribution in [0.1, 0.15) is 47.6 Å². The lowest BCUT2D eigenvalue weighted by atomic mass is 9.95. The van der Waals surface area contributed by atoms with Gasteiger partial charge in [0.25, 0.3) is 0 Å². The number of hydrogen-bond acceptors (Lipinski definition) is 4. The first-order valence-electron chi connectivity index (χ1n) is 9.03. The lowest BCUT2D eigenvalue weighted by molar-refractivity contribution is -0.122. The van der Waals surface area contributed by atoms with E-state index in [1.54, 1.807) is 0 Å². The monoisotopic (exact) mass is 382 g/mol. The van der Waals surface area contributed by atoms with Crippen molar-refractivity contribution < 1.29 is 17.9 Å². The Morgan fingerprint density at radius 1 is 1.04 bits per heavy atom. The predicted molar refractivity (Wildman–Crippen MR) is 102 cm³/mol. The number of carbonyl (C=O) groups excluding carboxylic acids is 1. The van der Waals surface area contributed by atoms with Crippen LogP contribution < -0.4 is 10.0 Å². The second-order valence-corrected chi connectivity index (χ2v) is 8.84. The van der Waals surface area contributed by atoms with E-state index >= 15 is 0 Å². The summed E-state index contributed by atoms with van der Waals surface area (Å²) < 4.78 is 33.6. The predicted octanol–water partition coefficient (Wildman–Crippen LogP) is 2.19. The summed E-state index contributed by atoms with van der Waals surface area (Å²) in [5.74, 6) is -0.167. The van der Waals surface area contributed by atoms with E-state index in [0.717, 1.165) is 34.2 Å². The summed E-state index contributed by atoms with van der Waals surface area (Å²) in [5.41, 5.74) is 4.62. The van der Waals surface area contributed by atoms with Crippen molar-refractivity contribution in [3.63, 3.8) is 0 Å². The number of amides is 1. The first-order chi connectivity index (χ1) is 12.1. The van der Waals surface area contributed by atoms with Gasteiger partial charge in [-0.15, -0.1) is 0 Å². The quantitative estimate of drug-likeness (QED) is 0.790. The van der Waals surface area contributed by atoms with Crippen LogP contribution in [0.5, 0.6) is 0 Å². The molecular weight excluding hydrogens is 352 g/mol. The minimum atomic E-state index is -3.67. The maximum Gasteiger partial charge on any atom is 0.241 e. The number of ether oxygens (including phenoxy) is 1. The molecule has 1 amide bonds. The third-order valence-corrected chi connectivity index (χ3v) is 7.30. The molecule has 1 aromatic rings. The highest BCUT2D eigenvalue weighted by molar-refractivity contribution is 7.89. The summed E-state index contributed by atoms with van der Waals surface area (Å²) in [6.45, 7) is 12.2. The molecule has 0 saturated carbocycles. The molecule has 1 aliphatic rings. The van der Waals surface area contributed by atoms with E-state index in [1.807, 2.05) is 41.5 Å². The minimum Gasteiger partial charge on any atom is -0.376 e. The highest BCUT2D eigenvalue weighted by atomic mass is 32.2. The van der Waals surface area contributed by atoms with Gasteiger partial charge in [0.05, 0.1) is 17.0 Å². The van der Waals surface area contributed by atoms with Crippen molar-refractivity contribution in [3.8, 4) is 0 Å². The molecule has 0 radical (unpaired) electrons. The molecule has 0 aliphatic carbocycles. The first kappa shape index (κ1) is 20.9. The number of carbonyl (C=O) groups is 1. The van der Waals surface area contributed by atoms with Gasteiger partial charge in [0.15, 0.2) is 0 Å². The fraction of sp³-hybridized carbons (Fsp3) is 0.632. The van der Waals surface area contributed by atoms with Crippen LogP contribution in [0.25, 0.3) is 0 Å². The Bertz CT molecular complexity index is 773. The molecule has 1 heterocycles. The molecule has 26 heavy (non-hydrogen) atoms. The number of hydrogen-bond donors (Lipinski definition) is 2. The maximum absolute atomic E-state index is 12.8.